The van der Waals surface area contributed by atoms with Crippen molar-refractivity contribution in [3.8, 4) is 5.75 Å². The van der Waals surface area contributed by atoms with E-state index < -0.39 is 24.0 Å². The molecule has 0 spiro atoms. The van der Waals surface area contributed by atoms with Gasteiger partial charge in [-0.15, -0.1) is 5.46 Å². The smallest absolute Gasteiger partial charge is 0.486 e. The Balaban J connectivity index is 2.95. The number of benzene rings is 1. The zero-order valence-corrected chi connectivity index (χ0v) is 8.64. The van der Waals surface area contributed by atoms with Crippen molar-refractivity contribution in [2.24, 2.45) is 0 Å². The van der Waals surface area contributed by atoms with Crippen LogP contribution in [0.3, 0.4) is 0 Å². The Morgan fingerprint density at radius 2 is 2.00 bits per heavy atom. The monoisotopic (exact) mass is 233 g/mol. The van der Waals surface area contributed by atoms with Crippen molar-refractivity contribution in [2.45, 2.75) is 6.92 Å². The van der Waals surface area contributed by atoms with Crippen LogP contribution in [0.15, 0.2) is 30.4 Å². The summed E-state index contributed by atoms with van der Waals surface area (Å²) in [6.45, 7) is -0.00758. The molecule has 0 aromatic heterocycles. The molecular formula is C10H10BF4O-. The van der Waals surface area contributed by atoms with Gasteiger partial charge in [0, 0.05) is 0 Å². The first-order valence-corrected chi connectivity index (χ1v) is 4.57. The van der Waals surface area contributed by atoms with Gasteiger partial charge in [-0.1, -0.05) is 12.6 Å². The van der Waals surface area contributed by atoms with Gasteiger partial charge in [0.15, 0.2) is 11.6 Å². The molecule has 88 valence electrons. The fourth-order valence-corrected chi connectivity index (χ4v) is 1.04. The van der Waals surface area contributed by atoms with Crippen molar-refractivity contribution in [3.05, 3.63) is 36.2 Å². The van der Waals surface area contributed by atoms with E-state index in [4.69, 9.17) is 4.74 Å². The van der Waals surface area contributed by atoms with Gasteiger partial charge in [-0.05, 0) is 24.6 Å². The second-order valence-electron chi connectivity index (χ2n) is 3.51. The Morgan fingerprint density at radius 1 is 1.38 bits per heavy atom. The van der Waals surface area contributed by atoms with Crippen LogP contribution in [-0.4, -0.2) is 13.6 Å². The number of rotatable bonds is 4. The van der Waals surface area contributed by atoms with Crippen molar-refractivity contribution < 1.29 is 22.1 Å². The zero-order valence-electron chi connectivity index (χ0n) is 8.64. The Bertz CT molecular complexity index is 400. The average Bonchev–Trinajstić information content (AvgIpc) is 2.14. The molecule has 0 aliphatic rings. The lowest BCUT2D eigenvalue weighted by molar-refractivity contribution is 0.333. The number of hydrogen-bond donors (Lipinski definition) is 0. The van der Waals surface area contributed by atoms with Gasteiger partial charge < -0.3 is 17.7 Å². The summed E-state index contributed by atoms with van der Waals surface area (Å²) in [4.78, 5) is 0. The van der Waals surface area contributed by atoms with Crippen LogP contribution >= 0.6 is 0 Å². The van der Waals surface area contributed by atoms with Crippen molar-refractivity contribution in [1.82, 2.24) is 0 Å². The molecule has 0 aliphatic heterocycles. The first-order valence-electron chi connectivity index (χ1n) is 4.57. The van der Waals surface area contributed by atoms with E-state index in [0.717, 1.165) is 6.07 Å². The lowest BCUT2D eigenvalue weighted by Crippen LogP contribution is -2.34. The molecule has 0 atom stereocenters. The highest BCUT2D eigenvalue weighted by atomic mass is 19.4. The van der Waals surface area contributed by atoms with E-state index in [-0.39, 0.29) is 6.61 Å². The van der Waals surface area contributed by atoms with Crippen LogP contribution in [0.1, 0.15) is 6.92 Å². The average molecular weight is 233 g/mol. The summed E-state index contributed by atoms with van der Waals surface area (Å²) in [5.41, 5.74) is -0.277. The molecule has 0 saturated heterocycles. The van der Waals surface area contributed by atoms with Crippen molar-refractivity contribution >= 4 is 12.4 Å². The quantitative estimate of drug-likeness (QED) is 0.441. The predicted molar refractivity (Wildman–Crippen MR) is 55.4 cm³/mol. The molecule has 0 radical (unpaired) electrons. The van der Waals surface area contributed by atoms with Gasteiger partial charge in [0.25, 0.3) is 0 Å². The van der Waals surface area contributed by atoms with Crippen LogP contribution < -0.4 is 10.2 Å². The third kappa shape index (κ3) is 3.29. The summed E-state index contributed by atoms with van der Waals surface area (Å²) in [5.74, 6) is -1.22. The third-order valence-corrected chi connectivity index (χ3v) is 1.81. The summed E-state index contributed by atoms with van der Waals surface area (Å²) < 4.78 is 55.1. The second-order valence-corrected chi connectivity index (χ2v) is 3.51. The highest BCUT2D eigenvalue weighted by molar-refractivity contribution is 6.73. The van der Waals surface area contributed by atoms with Gasteiger partial charge in [0.05, 0.1) is 0 Å². The lowest BCUT2D eigenvalue weighted by atomic mass is 9.80. The van der Waals surface area contributed by atoms with Crippen molar-refractivity contribution in [3.63, 3.8) is 0 Å². The number of hydrogen-bond acceptors (Lipinski definition) is 1. The molecule has 1 rings (SSSR count). The topological polar surface area (TPSA) is 9.23 Å². The summed E-state index contributed by atoms with van der Waals surface area (Å²) in [5, 5.41) is 0. The minimum atomic E-state index is -5.14. The van der Waals surface area contributed by atoms with Crippen LogP contribution in [0.25, 0.3) is 0 Å². The first-order chi connectivity index (χ1) is 7.30. The van der Waals surface area contributed by atoms with Crippen LogP contribution in [0, 0.1) is 5.82 Å². The SMILES string of the molecule is C=C(C)COc1cc([B-](F)(F)F)ccc1F. The first kappa shape index (κ1) is 12.6. The minimum absolute atomic E-state index is 0.00870. The normalized spacial score (nSPS) is 11.3. The molecule has 1 aromatic carbocycles. The second kappa shape index (κ2) is 4.59. The fraction of sp³-hybridized carbons (Fsp3) is 0.200. The molecule has 1 nitrogen and oxygen atoms in total. The van der Waals surface area contributed by atoms with Crippen molar-refractivity contribution in [2.75, 3.05) is 6.61 Å². The zero-order chi connectivity index (χ0) is 12.3. The Morgan fingerprint density at radius 3 is 2.50 bits per heavy atom. The molecule has 6 heteroatoms. The van der Waals surface area contributed by atoms with Gasteiger partial charge >= 0.3 is 6.98 Å². The fourth-order valence-electron chi connectivity index (χ4n) is 1.04. The maximum absolute atomic E-state index is 13.1. The lowest BCUT2D eigenvalue weighted by Gasteiger charge is -2.16. The summed E-state index contributed by atoms with van der Waals surface area (Å²) in [7, 11) is 0. The highest BCUT2D eigenvalue weighted by Gasteiger charge is 2.26. The summed E-state index contributed by atoms with van der Waals surface area (Å²) >= 11 is 0. The highest BCUT2D eigenvalue weighted by Crippen LogP contribution is 2.19. The van der Waals surface area contributed by atoms with Gasteiger partial charge in [-0.2, -0.15) is 0 Å². The van der Waals surface area contributed by atoms with Crippen molar-refractivity contribution in [1.29, 1.82) is 0 Å². The molecule has 0 N–H and O–H groups in total. The molecule has 0 unspecified atom stereocenters. The third-order valence-electron chi connectivity index (χ3n) is 1.81. The van der Waals surface area contributed by atoms with E-state index in [2.05, 4.69) is 6.58 Å². The van der Waals surface area contributed by atoms with Crippen LogP contribution in [-0.2, 0) is 0 Å². The molecule has 0 heterocycles. The van der Waals surface area contributed by atoms with Gasteiger partial charge in [0.1, 0.15) is 6.61 Å². The van der Waals surface area contributed by atoms with Crippen LogP contribution in [0.5, 0.6) is 5.75 Å². The van der Waals surface area contributed by atoms with Gasteiger partial charge in [-0.25, -0.2) is 4.39 Å². The molecule has 0 saturated carbocycles. The van der Waals surface area contributed by atoms with E-state index in [9.17, 15) is 17.3 Å². The molecule has 0 fully saturated rings. The molecule has 0 amide bonds. The number of ether oxygens (including phenoxy) is 1. The summed E-state index contributed by atoms with van der Waals surface area (Å²) in [6, 6.07) is 2.11. The van der Waals surface area contributed by atoms with Crippen LogP contribution in [0.4, 0.5) is 17.3 Å². The molecule has 1 aromatic rings. The van der Waals surface area contributed by atoms with E-state index in [1.54, 1.807) is 6.92 Å². The standard InChI is InChI=1S/C10H10BF4O/c1-7(2)6-16-10-5-8(11(13,14)15)3-4-9(10)12/h3-5H,1,6H2,2H3/q-1. The van der Waals surface area contributed by atoms with E-state index in [1.165, 1.54) is 0 Å². The molecule has 16 heavy (non-hydrogen) atoms. The van der Waals surface area contributed by atoms with E-state index >= 15 is 0 Å². The molecular weight excluding hydrogens is 223 g/mol. The van der Waals surface area contributed by atoms with E-state index in [0.29, 0.717) is 17.7 Å². The Kier molecular flexibility index (Phi) is 3.62. The predicted octanol–water partition coefficient (Wildman–Crippen LogP) is 2.84. The van der Waals surface area contributed by atoms with Gasteiger partial charge in [-0.3, -0.25) is 0 Å². The largest absolute Gasteiger partial charge is 0.509 e. The number of halogens is 4. The molecule has 0 bridgehead atoms. The Labute approximate surface area is 90.8 Å². The molecule has 0 aliphatic carbocycles. The minimum Gasteiger partial charge on any atom is -0.486 e. The maximum Gasteiger partial charge on any atom is 0.509 e. The van der Waals surface area contributed by atoms with Crippen LogP contribution in [0.2, 0.25) is 0 Å². The Hall–Kier alpha value is -1.46. The summed E-state index contributed by atoms with van der Waals surface area (Å²) in [6.07, 6.45) is 0. The van der Waals surface area contributed by atoms with Gasteiger partial charge in [0.2, 0.25) is 0 Å². The van der Waals surface area contributed by atoms with E-state index in [1.807, 2.05) is 0 Å². The maximum atomic E-state index is 13.1.